The van der Waals surface area contributed by atoms with Crippen molar-refractivity contribution in [3.63, 3.8) is 0 Å². The van der Waals surface area contributed by atoms with Crippen LogP contribution in [-0.2, 0) is 4.79 Å². The highest BCUT2D eigenvalue weighted by Crippen LogP contribution is 2.42. The SMILES string of the molecule is O=C(NNC(=O)C1C[C@H]2CC(O)C[C@@H](C1)C2)c1ccco1. The number of furan rings is 1. The third-order valence-corrected chi connectivity index (χ3v) is 4.53. The topological polar surface area (TPSA) is 91.6 Å². The lowest BCUT2D eigenvalue weighted by Gasteiger charge is -2.40. The fraction of sp³-hybridized carbons (Fsp3) is 0.600. The van der Waals surface area contributed by atoms with E-state index in [4.69, 9.17) is 4.42 Å². The summed E-state index contributed by atoms with van der Waals surface area (Å²) in [6, 6.07) is 3.15. The van der Waals surface area contributed by atoms with E-state index in [9.17, 15) is 14.7 Å². The summed E-state index contributed by atoms with van der Waals surface area (Å²) in [5.41, 5.74) is 4.85. The summed E-state index contributed by atoms with van der Waals surface area (Å²) in [5.74, 6) is 0.311. The molecule has 1 heterocycles. The molecule has 0 saturated heterocycles. The van der Waals surface area contributed by atoms with E-state index in [1.54, 1.807) is 6.07 Å². The maximum atomic E-state index is 12.2. The Morgan fingerprint density at radius 1 is 1.10 bits per heavy atom. The molecule has 2 aliphatic rings. The molecule has 0 aromatic carbocycles. The number of carbonyl (C=O) groups excluding carboxylic acids is 2. The van der Waals surface area contributed by atoms with Crippen molar-refractivity contribution in [3.8, 4) is 0 Å². The molecule has 3 rings (SSSR count). The number of hydrogen-bond acceptors (Lipinski definition) is 4. The van der Waals surface area contributed by atoms with Crippen LogP contribution in [0, 0.1) is 17.8 Å². The predicted octanol–water partition coefficient (Wildman–Crippen LogP) is 1.23. The highest BCUT2D eigenvalue weighted by atomic mass is 16.3. The number of amides is 2. The van der Waals surface area contributed by atoms with Crippen LogP contribution in [0.1, 0.15) is 42.7 Å². The third-order valence-electron chi connectivity index (χ3n) is 4.53. The van der Waals surface area contributed by atoms with Crippen LogP contribution >= 0.6 is 0 Å². The first kappa shape index (κ1) is 14.1. The van der Waals surface area contributed by atoms with Gasteiger partial charge in [0, 0.05) is 5.92 Å². The summed E-state index contributed by atoms with van der Waals surface area (Å²) in [6.07, 6.45) is 5.46. The molecule has 114 valence electrons. The monoisotopic (exact) mass is 292 g/mol. The molecule has 1 aromatic rings. The smallest absolute Gasteiger partial charge is 0.305 e. The van der Waals surface area contributed by atoms with E-state index >= 15 is 0 Å². The number of fused-ring (bicyclic) bond motifs is 2. The number of carbonyl (C=O) groups is 2. The first-order chi connectivity index (χ1) is 10.1. The summed E-state index contributed by atoms with van der Waals surface area (Å²) in [4.78, 5) is 23.8. The lowest BCUT2D eigenvalue weighted by atomic mass is 9.67. The summed E-state index contributed by atoms with van der Waals surface area (Å²) in [7, 11) is 0. The number of aliphatic hydroxyl groups is 1. The molecule has 21 heavy (non-hydrogen) atoms. The van der Waals surface area contributed by atoms with Crippen molar-refractivity contribution in [2.45, 2.75) is 38.2 Å². The van der Waals surface area contributed by atoms with Gasteiger partial charge >= 0.3 is 5.91 Å². The Morgan fingerprint density at radius 3 is 2.43 bits per heavy atom. The van der Waals surface area contributed by atoms with Gasteiger partial charge in [0.25, 0.3) is 0 Å². The van der Waals surface area contributed by atoms with Crippen LogP contribution in [0.4, 0.5) is 0 Å². The largest absolute Gasteiger partial charge is 0.459 e. The zero-order chi connectivity index (χ0) is 14.8. The van der Waals surface area contributed by atoms with Crippen LogP contribution < -0.4 is 10.9 Å². The second-order valence-electron chi connectivity index (χ2n) is 6.18. The summed E-state index contributed by atoms with van der Waals surface area (Å²) in [5, 5.41) is 9.75. The summed E-state index contributed by atoms with van der Waals surface area (Å²) in [6.45, 7) is 0. The zero-order valence-electron chi connectivity index (χ0n) is 11.7. The minimum atomic E-state index is -0.459. The fourth-order valence-corrected chi connectivity index (χ4v) is 3.72. The normalized spacial score (nSPS) is 31.5. The van der Waals surface area contributed by atoms with Gasteiger partial charge in [0.1, 0.15) is 0 Å². The van der Waals surface area contributed by atoms with Crippen molar-refractivity contribution < 1.29 is 19.1 Å². The van der Waals surface area contributed by atoms with Gasteiger partial charge < -0.3 is 9.52 Å². The fourth-order valence-electron chi connectivity index (χ4n) is 3.72. The Hall–Kier alpha value is -1.82. The lowest BCUT2D eigenvalue weighted by Crippen LogP contribution is -2.47. The van der Waals surface area contributed by atoms with Gasteiger partial charge in [-0.3, -0.25) is 20.4 Å². The number of rotatable bonds is 2. The molecule has 0 spiro atoms. The van der Waals surface area contributed by atoms with E-state index in [0.717, 1.165) is 32.1 Å². The highest BCUT2D eigenvalue weighted by molar-refractivity contribution is 5.93. The number of hydrogen-bond donors (Lipinski definition) is 3. The molecule has 0 radical (unpaired) electrons. The lowest BCUT2D eigenvalue weighted by molar-refractivity contribution is -0.129. The molecule has 2 fully saturated rings. The van der Waals surface area contributed by atoms with Crippen molar-refractivity contribution in [1.29, 1.82) is 0 Å². The van der Waals surface area contributed by atoms with Crippen molar-refractivity contribution in [1.82, 2.24) is 10.9 Å². The standard InChI is InChI=1S/C15H20N2O4/c18-12-7-9-4-10(8-12)6-11(5-9)14(19)16-17-15(20)13-2-1-3-21-13/h1-3,9-12,18H,4-8H2,(H,16,19)(H,17,20)/t9-,10+,11?,12?. The van der Waals surface area contributed by atoms with E-state index in [-0.39, 0.29) is 23.7 Å². The summed E-state index contributed by atoms with van der Waals surface area (Å²) >= 11 is 0. The van der Waals surface area contributed by atoms with E-state index in [2.05, 4.69) is 10.9 Å². The molecular weight excluding hydrogens is 272 g/mol. The molecule has 2 saturated carbocycles. The molecular formula is C15H20N2O4. The first-order valence-electron chi connectivity index (χ1n) is 7.43. The average Bonchev–Trinajstić information content (AvgIpc) is 2.97. The van der Waals surface area contributed by atoms with Crippen LogP contribution in [0.25, 0.3) is 0 Å². The van der Waals surface area contributed by atoms with Crippen LogP contribution in [0.15, 0.2) is 22.8 Å². The zero-order valence-corrected chi connectivity index (χ0v) is 11.7. The van der Waals surface area contributed by atoms with Gasteiger partial charge in [0.05, 0.1) is 12.4 Å². The van der Waals surface area contributed by atoms with Gasteiger partial charge in [-0.2, -0.15) is 0 Å². The second kappa shape index (κ2) is 5.89. The number of nitrogens with one attached hydrogen (secondary N) is 2. The second-order valence-corrected chi connectivity index (χ2v) is 6.18. The van der Waals surface area contributed by atoms with Gasteiger partial charge in [0.15, 0.2) is 5.76 Å². The van der Waals surface area contributed by atoms with E-state index in [1.165, 1.54) is 12.3 Å². The molecule has 0 aliphatic heterocycles. The Labute approximate surface area is 122 Å². The Kier molecular flexibility index (Phi) is 3.96. The van der Waals surface area contributed by atoms with E-state index in [1.807, 2.05) is 0 Å². The first-order valence-corrected chi connectivity index (χ1v) is 7.43. The molecule has 2 amide bonds. The number of aliphatic hydroxyl groups excluding tert-OH is 1. The maximum Gasteiger partial charge on any atom is 0.305 e. The van der Waals surface area contributed by atoms with Gasteiger partial charge in [-0.15, -0.1) is 0 Å². The molecule has 4 atom stereocenters. The molecule has 1 aromatic heterocycles. The van der Waals surface area contributed by atoms with Crippen LogP contribution in [0.5, 0.6) is 0 Å². The minimum absolute atomic E-state index is 0.0850. The average molecular weight is 292 g/mol. The van der Waals surface area contributed by atoms with Crippen molar-refractivity contribution in [2.24, 2.45) is 17.8 Å². The van der Waals surface area contributed by atoms with Crippen molar-refractivity contribution in [2.75, 3.05) is 0 Å². The van der Waals surface area contributed by atoms with Gasteiger partial charge in [-0.25, -0.2) is 0 Å². The molecule has 6 nitrogen and oxygen atoms in total. The maximum absolute atomic E-state index is 12.2. The van der Waals surface area contributed by atoms with Gasteiger partial charge in [-0.1, -0.05) is 0 Å². The Bertz CT molecular complexity index is 496. The van der Waals surface area contributed by atoms with Crippen molar-refractivity contribution in [3.05, 3.63) is 24.2 Å². The molecule has 2 unspecified atom stereocenters. The van der Waals surface area contributed by atoms with Gasteiger partial charge in [0.2, 0.25) is 5.91 Å². The predicted molar refractivity (Wildman–Crippen MR) is 73.9 cm³/mol. The minimum Gasteiger partial charge on any atom is -0.459 e. The van der Waals surface area contributed by atoms with Crippen LogP contribution in [0.3, 0.4) is 0 Å². The third kappa shape index (κ3) is 3.26. The van der Waals surface area contributed by atoms with Crippen LogP contribution in [-0.4, -0.2) is 23.0 Å². The quantitative estimate of drug-likeness (QED) is 0.715. The number of hydrazine groups is 1. The van der Waals surface area contributed by atoms with E-state index < -0.39 is 5.91 Å². The molecule has 6 heteroatoms. The molecule has 2 bridgehead atoms. The summed E-state index contributed by atoms with van der Waals surface area (Å²) < 4.78 is 4.95. The Balaban J connectivity index is 1.51. The van der Waals surface area contributed by atoms with Crippen LogP contribution in [0.2, 0.25) is 0 Å². The van der Waals surface area contributed by atoms with Gasteiger partial charge in [-0.05, 0) is 56.1 Å². The molecule has 3 N–H and O–H groups in total. The van der Waals surface area contributed by atoms with Crippen molar-refractivity contribution >= 4 is 11.8 Å². The Morgan fingerprint density at radius 2 is 1.81 bits per heavy atom. The molecule has 2 aliphatic carbocycles. The van der Waals surface area contributed by atoms with E-state index in [0.29, 0.717) is 11.8 Å². The highest BCUT2D eigenvalue weighted by Gasteiger charge is 2.38.